The van der Waals surface area contributed by atoms with Gasteiger partial charge in [0.05, 0.1) is 6.54 Å². The fourth-order valence-electron chi connectivity index (χ4n) is 4.88. The smallest absolute Gasteiger partial charge is 0.253 e. The van der Waals surface area contributed by atoms with Crippen LogP contribution in [-0.4, -0.2) is 41.9 Å². The van der Waals surface area contributed by atoms with Crippen LogP contribution in [0.4, 0.5) is 4.39 Å². The molecule has 0 spiro atoms. The van der Waals surface area contributed by atoms with E-state index in [-0.39, 0.29) is 23.6 Å². The van der Waals surface area contributed by atoms with Gasteiger partial charge in [-0.2, -0.15) is 0 Å². The summed E-state index contributed by atoms with van der Waals surface area (Å²) in [5.41, 5.74) is 1.84. The van der Waals surface area contributed by atoms with Gasteiger partial charge in [0.15, 0.2) is 0 Å². The van der Waals surface area contributed by atoms with E-state index in [1.54, 1.807) is 0 Å². The van der Waals surface area contributed by atoms with Crippen molar-refractivity contribution < 1.29 is 13.6 Å². The van der Waals surface area contributed by atoms with Crippen LogP contribution < -0.4 is 0 Å². The SMILES string of the molecule is Cc1ccc(CN2C[C@H](CN(CC(C)C)C(=O)c3ccccc3)[C@@H](c3ccc(F)cc3)C2)o1. The minimum absolute atomic E-state index is 0.0715. The Morgan fingerprint density at radius 3 is 2.42 bits per heavy atom. The zero-order chi connectivity index (χ0) is 23.4. The molecule has 0 aliphatic carbocycles. The molecule has 2 heterocycles. The topological polar surface area (TPSA) is 36.7 Å². The average molecular weight is 449 g/mol. The molecule has 5 heteroatoms. The molecule has 0 radical (unpaired) electrons. The molecule has 0 N–H and O–H groups in total. The Morgan fingerprint density at radius 2 is 1.79 bits per heavy atom. The summed E-state index contributed by atoms with van der Waals surface area (Å²) in [6.07, 6.45) is 0. The molecule has 0 unspecified atom stereocenters. The van der Waals surface area contributed by atoms with E-state index in [1.165, 1.54) is 12.1 Å². The molecule has 1 saturated heterocycles. The molecule has 174 valence electrons. The number of amides is 1. The number of furan rings is 1. The van der Waals surface area contributed by atoms with Gasteiger partial charge in [0.1, 0.15) is 17.3 Å². The fraction of sp³-hybridized carbons (Fsp3) is 0.393. The predicted octanol–water partition coefficient (Wildman–Crippen LogP) is 5.74. The van der Waals surface area contributed by atoms with Gasteiger partial charge in [0, 0.05) is 37.7 Å². The Morgan fingerprint density at radius 1 is 1.06 bits per heavy atom. The molecule has 1 aromatic heterocycles. The van der Waals surface area contributed by atoms with Gasteiger partial charge in [-0.25, -0.2) is 4.39 Å². The average Bonchev–Trinajstić information content (AvgIpc) is 3.39. The van der Waals surface area contributed by atoms with E-state index >= 15 is 0 Å². The van der Waals surface area contributed by atoms with Gasteiger partial charge < -0.3 is 9.32 Å². The highest BCUT2D eigenvalue weighted by Crippen LogP contribution is 2.35. The van der Waals surface area contributed by atoms with Crippen LogP contribution >= 0.6 is 0 Å². The van der Waals surface area contributed by atoms with Crippen molar-refractivity contribution >= 4 is 5.91 Å². The van der Waals surface area contributed by atoms with Crippen LogP contribution in [-0.2, 0) is 6.54 Å². The number of likely N-dealkylation sites (tertiary alicyclic amines) is 1. The van der Waals surface area contributed by atoms with Gasteiger partial charge in [-0.15, -0.1) is 0 Å². The lowest BCUT2D eigenvalue weighted by atomic mass is 9.88. The predicted molar refractivity (Wildman–Crippen MR) is 129 cm³/mol. The maximum atomic E-state index is 13.6. The van der Waals surface area contributed by atoms with Gasteiger partial charge in [-0.3, -0.25) is 9.69 Å². The molecule has 1 amide bonds. The van der Waals surface area contributed by atoms with E-state index in [0.29, 0.717) is 19.0 Å². The normalized spacial score (nSPS) is 18.7. The summed E-state index contributed by atoms with van der Waals surface area (Å²) < 4.78 is 19.4. The first kappa shape index (κ1) is 23.2. The summed E-state index contributed by atoms with van der Waals surface area (Å²) in [4.78, 5) is 17.8. The Balaban J connectivity index is 1.57. The number of halogens is 1. The largest absolute Gasteiger partial charge is 0.465 e. The zero-order valence-electron chi connectivity index (χ0n) is 19.7. The third-order valence-electron chi connectivity index (χ3n) is 6.34. The molecule has 4 nitrogen and oxygen atoms in total. The molecule has 2 atom stereocenters. The summed E-state index contributed by atoms with van der Waals surface area (Å²) in [5, 5.41) is 0. The number of aryl methyl sites for hydroxylation is 1. The fourth-order valence-corrected chi connectivity index (χ4v) is 4.88. The summed E-state index contributed by atoms with van der Waals surface area (Å²) in [6.45, 7) is 10.1. The first-order valence-corrected chi connectivity index (χ1v) is 11.8. The van der Waals surface area contributed by atoms with E-state index in [9.17, 15) is 9.18 Å². The molecule has 1 aliphatic rings. The third kappa shape index (κ3) is 5.91. The number of nitrogens with zero attached hydrogens (tertiary/aromatic N) is 2. The highest BCUT2D eigenvalue weighted by atomic mass is 19.1. The lowest BCUT2D eigenvalue weighted by Crippen LogP contribution is -2.39. The number of hydrogen-bond donors (Lipinski definition) is 0. The van der Waals surface area contributed by atoms with Crippen LogP contribution in [0.1, 0.15) is 47.2 Å². The summed E-state index contributed by atoms with van der Waals surface area (Å²) in [5.74, 6) is 2.54. The van der Waals surface area contributed by atoms with Crippen LogP contribution in [0, 0.1) is 24.6 Å². The van der Waals surface area contributed by atoms with Crippen LogP contribution in [0.15, 0.2) is 71.1 Å². The monoisotopic (exact) mass is 448 g/mol. The minimum atomic E-state index is -0.225. The van der Waals surface area contributed by atoms with Crippen LogP contribution in [0.3, 0.4) is 0 Å². The number of benzene rings is 2. The van der Waals surface area contributed by atoms with Gasteiger partial charge in [-0.05, 0) is 60.7 Å². The standard InChI is InChI=1S/C28H33FN2O2/c1-20(2)15-31(28(32)23-7-5-4-6-8-23)17-24-16-30(18-26-14-9-21(3)33-26)19-27(24)22-10-12-25(29)13-11-22/h4-14,20,24,27H,15-19H2,1-3H3/t24-,27-/m1/s1. The van der Waals surface area contributed by atoms with E-state index in [4.69, 9.17) is 4.42 Å². The summed E-state index contributed by atoms with van der Waals surface area (Å²) in [6, 6.07) is 20.4. The number of hydrogen-bond acceptors (Lipinski definition) is 3. The van der Waals surface area contributed by atoms with Crippen molar-refractivity contribution in [2.24, 2.45) is 11.8 Å². The molecule has 2 aromatic carbocycles. The molecule has 4 rings (SSSR count). The van der Waals surface area contributed by atoms with Crippen LogP contribution in [0.2, 0.25) is 0 Å². The van der Waals surface area contributed by atoms with E-state index in [1.807, 2.05) is 66.4 Å². The number of rotatable bonds is 8. The lowest BCUT2D eigenvalue weighted by molar-refractivity contribution is 0.0703. The molecule has 1 fully saturated rings. The Kier molecular flexibility index (Phi) is 7.29. The molecular formula is C28H33FN2O2. The first-order chi connectivity index (χ1) is 15.9. The third-order valence-corrected chi connectivity index (χ3v) is 6.34. The van der Waals surface area contributed by atoms with E-state index in [0.717, 1.165) is 42.3 Å². The maximum Gasteiger partial charge on any atom is 0.253 e. The number of carbonyl (C=O) groups is 1. The van der Waals surface area contributed by atoms with Crippen LogP contribution in [0.25, 0.3) is 0 Å². The molecular weight excluding hydrogens is 415 g/mol. The molecule has 0 bridgehead atoms. The second kappa shape index (κ2) is 10.3. The maximum absolute atomic E-state index is 13.6. The quantitative estimate of drug-likeness (QED) is 0.441. The molecule has 0 saturated carbocycles. The van der Waals surface area contributed by atoms with Crippen molar-refractivity contribution in [1.29, 1.82) is 0 Å². The number of carbonyl (C=O) groups excluding carboxylic acids is 1. The Labute approximate surface area is 196 Å². The second-order valence-corrected chi connectivity index (χ2v) is 9.59. The van der Waals surface area contributed by atoms with E-state index in [2.05, 4.69) is 18.7 Å². The van der Waals surface area contributed by atoms with Crippen molar-refractivity contribution in [3.05, 3.63) is 95.2 Å². The second-order valence-electron chi connectivity index (χ2n) is 9.59. The minimum Gasteiger partial charge on any atom is -0.465 e. The van der Waals surface area contributed by atoms with E-state index < -0.39 is 0 Å². The molecule has 3 aromatic rings. The van der Waals surface area contributed by atoms with Gasteiger partial charge in [-0.1, -0.05) is 44.2 Å². The Bertz CT molecular complexity index is 1050. The lowest BCUT2D eigenvalue weighted by Gasteiger charge is -2.30. The van der Waals surface area contributed by atoms with Crippen molar-refractivity contribution in [3.8, 4) is 0 Å². The van der Waals surface area contributed by atoms with Crippen molar-refractivity contribution in [2.75, 3.05) is 26.2 Å². The van der Waals surface area contributed by atoms with Crippen LogP contribution in [0.5, 0.6) is 0 Å². The first-order valence-electron chi connectivity index (χ1n) is 11.8. The molecule has 1 aliphatic heterocycles. The van der Waals surface area contributed by atoms with Crippen molar-refractivity contribution in [2.45, 2.75) is 33.2 Å². The van der Waals surface area contributed by atoms with Gasteiger partial charge >= 0.3 is 0 Å². The summed E-state index contributed by atoms with van der Waals surface area (Å²) in [7, 11) is 0. The highest BCUT2D eigenvalue weighted by Gasteiger charge is 2.36. The zero-order valence-corrected chi connectivity index (χ0v) is 19.7. The van der Waals surface area contributed by atoms with Gasteiger partial charge in [0.2, 0.25) is 0 Å². The van der Waals surface area contributed by atoms with Gasteiger partial charge in [0.25, 0.3) is 5.91 Å². The van der Waals surface area contributed by atoms with Crippen molar-refractivity contribution in [1.82, 2.24) is 9.80 Å². The Hall–Kier alpha value is -2.92. The highest BCUT2D eigenvalue weighted by molar-refractivity contribution is 5.94. The van der Waals surface area contributed by atoms with Crippen molar-refractivity contribution in [3.63, 3.8) is 0 Å². The summed E-state index contributed by atoms with van der Waals surface area (Å²) >= 11 is 0. The molecule has 33 heavy (non-hydrogen) atoms.